The van der Waals surface area contributed by atoms with Crippen molar-refractivity contribution < 1.29 is 14.8 Å². The van der Waals surface area contributed by atoms with Gasteiger partial charge in [0.2, 0.25) is 0 Å². The van der Waals surface area contributed by atoms with Gasteiger partial charge >= 0.3 is 0 Å². The Kier molecular flexibility index (Phi) is 3.30. The van der Waals surface area contributed by atoms with E-state index < -0.39 is 4.92 Å². The summed E-state index contributed by atoms with van der Waals surface area (Å²) in [5, 5.41) is 28.8. The average molecular weight is 256 g/mol. The van der Waals surface area contributed by atoms with E-state index in [9.17, 15) is 15.2 Å². The minimum Gasteiger partial charge on any atom is -0.508 e. The number of nitro groups is 1. The van der Waals surface area contributed by atoms with E-state index in [0.717, 1.165) is 0 Å². The first kappa shape index (κ1) is 12.4. The SMILES string of the molecule is N#Cc1cc(Oc2cccc(O)c2)ccc1[N+](=O)[O-]. The van der Waals surface area contributed by atoms with Gasteiger partial charge < -0.3 is 9.84 Å². The van der Waals surface area contributed by atoms with Crippen molar-refractivity contribution in [1.29, 1.82) is 5.26 Å². The molecule has 0 amide bonds. The van der Waals surface area contributed by atoms with Gasteiger partial charge in [-0.05, 0) is 18.2 Å². The number of hydrogen-bond acceptors (Lipinski definition) is 5. The van der Waals surface area contributed by atoms with Crippen molar-refractivity contribution in [3.8, 4) is 23.3 Å². The molecule has 0 unspecified atom stereocenters. The Morgan fingerprint density at radius 1 is 1.21 bits per heavy atom. The Hall–Kier alpha value is -3.07. The maximum atomic E-state index is 10.7. The highest BCUT2D eigenvalue weighted by Gasteiger charge is 2.14. The molecule has 2 rings (SSSR count). The van der Waals surface area contributed by atoms with Gasteiger partial charge in [-0.15, -0.1) is 0 Å². The molecule has 2 aromatic rings. The van der Waals surface area contributed by atoms with Crippen LogP contribution in [0.1, 0.15) is 5.56 Å². The summed E-state index contributed by atoms with van der Waals surface area (Å²) in [4.78, 5) is 10.0. The van der Waals surface area contributed by atoms with Crippen molar-refractivity contribution in [2.75, 3.05) is 0 Å². The molecular weight excluding hydrogens is 248 g/mol. The van der Waals surface area contributed by atoms with E-state index in [1.165, 1.54) is 30.3 Å². The van der Waals surface area contributed by atoms with Crippen LogP contribution in [0.5, 0.6) is 17.2 Å². The fourth-order valence-electron chi connectivity index (χ4n) is 1.51. The lowest BCUT2D eigenvalue weighted by Crippen LogP contribution is -1.93. The summed E-state index contributed by atoms with van der Waals surface area (Å²) in [6.45, 7) is 0. The molecule has 0 bridgehead atoms. The van der Waals surface area contributed by atoms with Crippen molar-refractivity contribution in [2.24, 2.45) is 0 Å². The van der Waals surface area contributed by atoms with E-state index in [4.69, 9.17) is 10.00 Å². The molecular formula is C13H8N2O4. The number of phenolic OH excluding ortho intramolecular Hbond substituents is 1. The fraction of sp³-hybridized carbons (Fsp3) is 0. The minimum atomic E-state index is -0.628. The smallest absolute Gasteiger partial charge is 0.287 e. The Morgan fingerprint density at radius 3 is 2.58 bits per heavy atom. The predicted octanol–water partition coefficient (Wildman–Crippen LogP) is 2.96. The van der Waals surface area contributed by atoms with Crippen molar-refractivity contribution in [3.63, 3.8) is 0 Å². The molecule has 6 heteroatoms. The van der Waals surface area contributed by atoms with Crippen LogP contribution in [-0.4, -0.2) is 10.0 Å². The summed E-state index contributed by atoms with van der Waals surface area (Å²) in [7, 11) is 0. The van der Waals surface area contributed by atoms with Crippen LogP contribution in [0.2, 0.25) is 0 Å². The van der Waals surface area contributed by atoms with E-state index in [1.807, 2.05) is 0 Å². The largest absolute Gasteiger partial charge is 0.508 e. The van der Waals surface area contributed by atoms with Gasteiger partial charge in [0, 0.05) is 18.2 Å². The topological polar surface area (TPSA) is 96.4 Å². The highest BCUT2D eigenvalue weighted by molar-refractivity contribution is 5.52. The number of aromatic hydroxyl groups is 1. The third kappa shape index (κ3) is 2.79. The Bertz CT molecular complexity index is 677. The predicted molar refractivity (Wildman–Crippen MR) is 66.0 cm³/mol. The number of hydrogen-bond donors (Lipinski definition) is 1. The first-order valence-corrected chi connectivity index (χ1v) is 5.25. The first-order valence-electron chi connectivity index (χ1n) is 5.25. The third-order valence-corrected chi connectivity index (χ3v) is 2.34. The molecule has 0 saturated heterocycles. The second-order valence-electron chi connectivity index (χ2n) is 3.65. The van der Waals surface area contributed by atoms with Crippen LogP contribution >= 0.6 is 0 Å². The zero-order valence-electron chi connectivity index (χ0n) is 9.61. The van der Waals surface area contributed by atoms with E-state index >= 15 is 0 Å². The molecule has 2 aromatic carbocycles. The van der Waals surface area contributed by atoms with Crippen LogP contribution in [-0.2, 0) is 0 Å². The molecule has 0 aliphatic carbocycles. The lowest BCUT2D eigenvalue weighted by Gasteiger charge is -2.06. The number of ether oxygens (including phenoxy) is 1. The summed E-state index contributed by atoms with van der Waals surface area (Å²) in [5.74, 6) is 0.699. The first-order chi connectivity index (χ1) is 9.10. The Balaban J connectivity index is 2.32. The molecule has 1 N–H and O–H groups in total. The van der Waals surface area contributed by atoms with E-state index in [2.05, 4.69) is 0 Å². The summed E-state index contributed by atoms with van der Waals surface area (Å²) >= 11 is 0. The van der Waals surface area contributed by atoms with Gasteiger partial charge in [0.1, 0.15) is 28.9 Å². The summed E-state index contributed by atoms with van der Waals surface area (Å²) in [6.07, 6.45) is 0. The highest BCUT2D eigenvalue weighted by atomic mass is 16.6. The lowest BCUT2D eigenvalue weighted by atomic mass is 10.2. The number of nitrogens with zero attached hydrogens (tertiary/aromatic N) is 2. The number of nitro benzene ring substituents is 1. The summed E-state index contributed by atoms with van der Waals surface area (Å²) < 4.78 is 5.40. The maximum absolute atomic E-state index is 10.7. The molecule has 0 saturated carbocycles. The fourth-order valence-corrected chi connectivity index (χ4v) is 1.51. The van der Waals surface area contributed by atoms with Gasteiger partial charge in [0.15, 0.2) is 0 Å². The van der Waals surface area contributed by atoms with Crippen molar-refractivity contribution in [2.45, 2.75) is 0 Å². The standard InChI is InChI=1S/C13H8N2O4/c14-8-9-6-12(4-5-13(9)15(17)18)19-11-3-1-2-10(16)7-11/h1-7,16H. The number of rotatable bonds is 3. The quantitative estimate of drug-likeness (QED) is 0.672. The number of benzene rings is 2. The van der Waals surface area contributed by atoms with Crippen LogP contribution in [0.25, 0.3) is 0 Å². The maximum Gasteiger partial charge on any atom is 0.287 e. The molecule has 94 valence electrons. The Morgan fingerprint density at radius 2 is 1.95 bits per heavy atom. The van der Waals surface area contributed by atoms with Crippen molar-refractivity contribution >= 4 is 5.69 Å². The van der Waals surface area contributed by atoms with Crippen LogP contribution < -0.4 is 4.74 Å². The molecule has 0 heterocycles. The molecule has 19 heavy (non-hydrogen) atoms. The van der Waals surface area contributed by atoms with Gasteiger partial charge in [0.25, 0.3) is 5.69 Å². The molecule has 0 aliphatic rings. The number of nitriles is 1. The zero-order chi connectivity index (χ0) is 13.8. The molecule has 0 aromatic heterocycles. The third-order valence-electron chi connectivity index (χ3n) is 2.34. The second-order valence-corrected chi connectivity index (χ2v) is 3.65. The van der Waals surface area contributed by atoms with Gasteiger partial charge in [0.05, 0.1) is 4.92 Å². The van der Waals surface area contributed by atoms with Crippen molar-refractivity contribution in [3.05, 3.63) is 58.1 Å². The Labute approximate surface area is 108 Å². The highest BCUT2D eigenvalue weighted by Crippen LogP contribution is 2.28. The van der Waals surface area contributed by atoms with E-state index in [0.29, 0.717) is 5.75 Å². The van der Waals surface area contributed by atoms with Crippen LogP contribution in [0, 0.1) is 21.4 Å². The normalized spacial score (nSPS) is 9.63. The molecule has 0 atom stereocenters. The number of phenols is 1. The van der Waals surface area contributed by atoms with Crippen molar-refractivity contribution in [1.82, 2.24) is 0 Å². The van der Waals surface area contributed by atoms with Crippen LogP contribution in [0.4, 0.5) is 5.69 Å². The summed E-state index contributed by atoms with van der Waals surface area (Å²) in [6, 6.07) is 11.7. The summed E-state index contributed by atoms with van der Waals surface area (Å²) in [5.41, 5.74) is -0.353. The average Bonchev–Trinajstić information content (AvgIpc) is 2.38. The zero-order valence-corrected chi connectivity index (χ0v) is 9.61. The van der Waals surface area contributed by atoms with E-state index in [-0.39, 0.29) is 22.7 Å². The van der Waals surface area contributed by atoms with Gasteiger partial charge in [-0.25, -0.2) is 0 Å². The van der Waals surface area contributed by atoms with Gasteiger partial charge in [-0.2, -0.15) is 5.26 Å². The van der Waals surface area contributed by atoms with Crippen LogP contribution in [0.3, 0.4) is 0 Å². The van der Waals surface area contributed by atoms with Gasteiger partial charge in [-0.3, -0.25) is 10.1 Å². The second kappa shape index (κ2) is 5.06. The molecule has 6 nitrogen and oxygen atoms in total. The minimum absolute atomic E-state index is 0.0416. The molecule has 0 radical (unpaired) electrons. The van der Waals surface area contributed by atoms with Gasteiger partial charge in [-0.1, -0.05) is 6.07 Å². The molecule has 0 aliphatic heterocycles. The molecule has 0 spiro atoms. The molecule has 0 fully saturated rings. The monoisotopic (exact) mass is 256 g/mol. The van der Waals surface area contributed by atoms with Crippen LogP contribution in [0.15, 0.2) is 42.5 Å². The lowest BCUT2D eigenvalue weighted by molar-refractivity contribution is -0.385. The van der Waals surface area contributed by atoms with E-state index in [1.54, 1.807) is 18.2 Å².